The van der Waals surface area contributed by atoms with Crippen LogP contribution in [0.15, 0.2) is 23.3 Å². The van der Waals surface area contributed by atoms with Crippen LogP contribution in [0.4, 0.5) is 4.79 Å². The Morgan fingerprint density at radius 1 is 1.42 bits per heavy atom. The summed E-state index contributed by atoms with van der Waals surface area (Å²) in [6.45, 7) is 6.33. The van der Waals surface area contributed by atoms with Crippen molar-refractivity contribution >= 4 is 17.8 Å². The number of hydrogen-bond acceptors (Lipinski definition) is 3. The SMILES string of the molecule is CCNC(=O)N=C(C(CC(C)Cc1ccc[nH]1)C(=O)O)N1CCOCC1. The molecule has 0 spiro atoms. The Kier molecular flexibility index (Phi) is 7.65. The molecule has 0 bridgehead atoms. The minimum Gasteiger partial charge on any atom is -0.481 e. The number of urea groups is 1. The number of ether oxygens (including phenoxy) is 1. The van der Waals surface area contributed by atoms with E-state index in [1.165, 1.54) is 0 Å². The van der Waals surface area contributed by atoms with Crippen LogP contribution in [-0.4, -0.2) is 65.7 Å². The summed E-state index contributed by atoms with van der Waals surface area (Å²) in [5, 5.41) is 12.4. The second-order valence-electron chi connectivity index (χ2n) is 6.54. The van der Waals surface area contributed by atoms with E-state index in [0.717, 1.165) is 12.1 Å². The van der Waals surface area contributed by atoms with Gasteiger partial charge in [-0.1, -0.05) is 6.92 Å². The third kappa shape index (κ3) is 5.87. The Bertz CT molecular complexity index is 609. The van der Waals surface area contributed by atoms with Crippen molar-refractivity contribution < 1.29 is 19.4 Å². The Hall–Kier alpha value is -2.35. The van der Waals surface area contributed by atoms with Crippen LogP contribution in [-0.2, 0) is 16.0 Å². The maximum atomic E-state index is 12.0. The van der Waals surface area contributed by atoms with Crippen molar-refractivity contribution in [3.05, 3.63) is 24.0 Å². The molecule has 1 aromatic heterocycles. The first-order valence-electron chi connectivity index (χ1n) is 9.05. The van der Waals surface area contributed by atoms with Crippen molar-refractivity contribution in [1.82, 2.24) is 15.2 Å². The monoisotopic (exact) mass is 364 g/mol. The minimum atomic E-state index is -0.960. The minimum absolute atomic E-state index is 0.121. The number of carbonyl (C=O) groups is 2. The number of aliphatic carboxylic acids is 1. The smallest absolute Gasteiger partial charge is 0.342 e. The van der Waals surface area contributed by atoms with Crippen molar-refractivity contribution in [3.63, 3.8) is 0 Å². The van der Waals surface area contributed by atoms with Crippen molar-refractivity contribution in [1.29, 1.82) is 0 Å². The normalized spacial score (nSPS) is 17.6. The lowest BCUT2D eigenvalue weighted by Crippen LogP contribution is -2.47. The summed E-state index contributed by atoms with van der Waals surface area (Å²) in [4.78, 5) is 33.1. The predicted molar refractivity (Wildman–Crippen MR) is 98.3 cm³/mol. The first-order valence-corrected chi connectivity index (χ1v) is 9.05. The molecular formula is C18H28N4O4. The van der Waals surface area contributed by atoms with E-state index in [-0.39, 0.29) is 5.92 Å². The van der Waals surface area contributed by atoms with Gasteiger partial charge in [-0.25, -0.2) is 4.79 Å². The van der Waals surface area contributed by atoms with E-state index in [1.807, 2.05) is 30.2 Å². The molecule has 1 saturated heterocycles. The third-order valence-corrected chi connectivity index (χ3v) is 4.36. The van der Waals surface area contributed by atoms with Crippen LogP contribution in [0.3, 0.4) is 0 Å². The highest BCUT2D eigenvalue weighted by molar-refractivity contribution is 6.04. The molecule has 2 rings (SSSR count). The van der Waals surface area contributed by atoms with Crippen molar-refractivity contribution in [2.75, 3.05) is 32.8 Å². The van der Waals surface area contributed by atoms with Gasteiger partial charge in [0, 0.05) is 31.5 Å². The molecule has 0 aliphatic carbocycles. The van der Waals surface area contributed by atoms with Gasteiger partial charge in [-0.2, -0.15) is 4.99 Å². The van der Waals surface area contributed by atoms with Crippen LogP contribution in [0.5, 0.6) is 0 Å². The zero-order valence-corrected chi connectivity index (χ0v) is 15.4. The van der Waals surface area contributed by atoms with Crippen LogP contribution >= 0.6 is 0 Å². The largest absolute Gasteiger partial charge is 0.481 e. The molecule has 8 nitrogen and oxygen atoms in total. The highest BCUT2D eigenvalue weighted by atomic mass is 16.5. The number of nitrogens with one attached hydrogen (secondary N) is 2. The number of hydrogen-bond donors (Lipinski definition) is 3. The molecule has 1 aromatic rings. The molecule has 3 N–H and O–H groups in total. The zero-order valence-electron chi connectivity index (χ0n) is 15.4. The molecule has 1 aliphatic heterocycles. The van der Waals surface area contributed by atoms with E-state index in [1.54, 1.807) is 6.92 Å². The molecule has 1 fully saturated rings. The summed E-state index contributed by atoms with van der Waals surface area (Å²) in [7, 11) is 0. The van der Waals surface area contributed by atoms with Gasteiger partial charge in [0.2, 0.25) is 0 Å². The van der Waals surface area contributed by atoms with Gasteiger partial charge in [-0.15, -0.1) is 0 Å². The fourth-order valence-corrected chi connectivity index (χ4v) is 3.13. The van der Waals surface area contributed by atoms with Crippen molar-refractivity contribution in [3.8, 4) is 0 Å². The second-order valence-corrected chi connectivity index (χ2v) is 6.54. The van der Waals surface area contributed by atoms with E-state index >= 15 is 0 Å². The van der Waals surface area contributed by atoms with Gasteiger partial charge in [0.15, 0.2) is 0 Å². The fraction of sp³-hybridized carbons (Fsp3) is 0.611. The number of amidine groups is 1. The van der Waals surface area contributed by atoms with E-state index in [4.69, 9.17) is 4.74 Å². The van der Waals surface area contributed by atoms with Gasteiger partial charge in [0.25, 0.3) is 0 Å². The summed E-state index contributed by atoms with van der Waals surface area (Å²) in [6, 6.07) is 3.40. The summed E-state index contributed by atoms with van der Waals surface area (Å²) >= 11 is 0. The average Bonchev–Trinajstić information content (AvgIpc) is 3.11. The summed E-state index contributed by atoms with van der Waals surface area (Å²) in [5.74, 6) is -1.35. The number of rotatable bonds is 7. The third-order valence-electron chi connectivity index (χ3n) is 4.36. The number of carboxylic acids is 1. The van der Waals surface area contributed by atoms with E-state index < -0.39 is 17.9 Å². The molecule has 0 aromatic carbocycles. The number of morpholine rings is 1. The van der Waals surface area contributed by atoms with Crippen molar-refractivity contribution in [2.24, 2.45) is 16.8 Å². The Labute approximate surface area is 153 Å². The van der Waals surface area contributed by atoms with Crippen LogP contribution in [0.25, 0.3) is 0 Å². The van der Waals surface area contributed by atoms with Gasteiger partial charge >= 0.3 is 12.0 Å². The maximum Gasteiger partial charge on any atom is 0.342 e. The van der Waals surface area contributed by atoms with Crippen LogP contribution in [0.2, 0.25) is 0 Å². The van der Waals surface area contributed by atoms with Gasteiger partial charge in [0.05, 0.1) is 13.2 Å². The molecule has 0 saturated carbocycles. The summed E-state index contributed by atoms with van der Waals surface area (Å²) < 4.78 is 5.35. The number of aliphatic imine (C=N–C) groups is 1. The molecule has 144 valence electrons. The molecular weight excluding hydrogens is 336 g/mol. The first-order chi connectivity index (χ1) is 12.5. The number of amides is 2. The zero-order chi connectivity index (χ0) is 18.9. The van der Waals surface area contributed by atoms with Gasteiger partial charge in [0.1, 0.15) is 11.8 Å². The van der Waals surface area contributed by atoms with E-state index in [9.17, 15) is 14.7 Å². The van der Waals surface area contributed by atoms with Crippen LogP contribution in [0.1, 0.15) is 26.0 Å². The maximum absolute atomic E-state index is 12.0. The van der Waals surface area contributed by atoms with Crippen LogP contribution < -0.4 is 5.32 Å². The fourth-order valence-electron chi connectivity index (χ4n) is 3.13. The molecule has 2 amide bonds. The van der Waals surface area contributed by atoms with Gasteiger partial charge in [-0.05, 0) is 37.8 Å². The van der Waals surface area contributed by atoms with Gasteiger partial charge < -0.3 is 25.0 Å². The highest BCUT2D eigenvalue weighted by Crippen LogP contribution is 2.21. The number of aromatic nitrogens is 1. The molecule has 2 atom stereocenters. The second kappa shape index (κ2) is 9.96. The molecule has 0 radical (unpaired) electrons. The molecule has 1 aliphatic rings. The topological polar surface area (TPSA) is 107 Å². The number of nitrogens with zero attached hydrogens (tertiary/aromatic N) is 2. The highest BCUT2D eigenvalue weighted by Gasteiger charge is 2.31. The van der Waals surface area contributed by atoms with Crippen LogP contribution in [0, 0.1) is 11.8 Å². The summed E-state index contributed by atoms with van der Waals surface area (Å²) in [6.07, 6.45) is 3.00. The van der Waals surface area contributed by atoms with E-state index in [2.05, 4.69) is 15.3 Å². The lowest BCUT2D eigenvalue weighted by molar-refractivity contribution is -0.140. The number of H-pyrrole nitrogens is 1. The Morgan fingerprint density at radius 3 is 2.73 bits per heavy atom. The predicted octanol–water partition coefficient (Wildman–Crippen LogP) is 1.74. The standard InChI is InChI=1S/C18H28N4O4/c1-3-19-18(25)21-16(22-7-9-26-10-8-22)15(17(23)24)12-13(2)11-14-5-4-6-20-14/h4-6,13,15,20H,3,7-12H2,1-2H3,(H,19,25)(H,23,24). The van der Waals surface area contributed by atoms with Gasteiger partial charge in [-0.3, -0.25) is 4.79 Å². The number of carboxylic acid groups (broad SMARTS) is 1. The molecule has 2 unspecified atom stereocenters. The Morgan fingerprint density at radius 2 is 2.15 bits per heavy atom. The van der Waals surface area contributed by atoms with E-state index in [0.29, 0.717) is 45.1 Å². The first kappa shape index (κ1) is 20.0. The summed E-state index contributed by atoms with van der Waals surface area (Å²) in [5.41, 5.74) is 1.07. The lowest BCUT2D eigenvalue weighted by atomic mass is 9.91. The van der Waals surface area contributed by atoms with Crippen molar-refractivity contribution in [2.45, 2.75) is 26.7 Å². The molecule has 26 heavy (non-hydrogen) atoms. The molecule has 8 heteroatoms. The number of carbonyl (C=O) groups excluding carboxylic acids is 1. The molecule has 2 heterocycles. The Balaban J connectivity index is 2.18. The average molecular weight is 364 g/mol. The number of aromatic amines is 1. The quantitative estimate of drug-likeness (QED) is 0.505. The lowest BCUT2D eigenvalue weighted by Gasteiger charge is -2.33.